The van der Waals surface area contributed by atoms with Crippen LogP contribution in [0.3, 0.4) is 0 Å². The standard InChI is InChI=1S/C24H30N6O2/c1-14(31)28-23-8-15-9-24(15)12-20(17(10-23)19(24)11-23)27-21(32)18-13-26-30(16-4-2-5-16)22(18)29-7-3-6-25-29/h3,6-7,13,15-17,19-20H,2,4-5,8-12H2,1H3,(H,27,32)(H,28,31)/t15?,17?,19?,20-,23+,24?/m0/s1. The Balaban J connectivity index is 1.17. The number of amides is 2. The molecule has 5 aliphatic rings. The summed E-state index contributed by atoms with van der Waals surface area (Å²) in [6, 6.07) is 2.40. The van der Waals surface area contributed by atoms with Crippen LogP contribution < -0.4 is 10.6 Å². The summed E-state index contributed by atoms with van der Waals surface area (Å²) in [5.41, 5.74) is 0.959. The van der Waals surface area contributed by atoms with Gasteiger partial charge in [-0.2, -0.15) is 10.2 Å². The van der Waals surface area contributed by atoms with Gasteiger partial charge in [-0.15, -0.1) is 0 Å². The van der Waals surface area contributed by atoms with E-state index in [2.05, 4.69) is 20.8 Å². The second-order valence-electron chi connectivity index (χ2n) is 11.1. The van der Waals surface area contributed by atoms with Crippen LogP contribution in [0.1, 0.15) is 74.7 Å². The van der Waals surface area contributed by atoms with E-state index in [-0.39, 0.29) is 23.4 Å². The van der Waals surface area contributed by atoms with Gasteiger partial charge in [0.15, 0.2) is 5.82 Å². The van der Waals surface area contributed by atoms with E-state index in [1.165, 1.54) is 12.8 Å². The second-order valence-corrected chi connectivity index (χ2v) is 11.1. The fraction of sp³-hybridized carbons (Fsp3) is 0.667. The number of hydrogen-bond donors (Lipinski definition) is 2. The third kappa shape index (κ3) is 2.49. The van der Waals surface area contributed by atoms with Gasteiger partial charge in [-0.3, -0.25) is 9.59 Å². The van der Waals surface area contributed by atoms with E-state index in [9.17, 15) is 9.59 Å². The van der Waals surface area contributed by atoms with E-state index < -0.39 is 0 Å². The topological polar surface area (TPSA) is 93.8 Å². The van der Waals surface area contributed by atoms with Gasteiger partial charge in [-0.1, -0.05) is 0 Å². The molecule has 1 spiro atoms. The first-order chi connectivity index (χ1) is 15.5. The summed E-state index contributed by atoms with van der Waals surface area (Å²) in [5.74, 6) is 2.59. The summed E-state index contributed by atoms with van der Waals surface area (Å²) in [7, 11) is 0. The normalized spacial score (nSPS) is 38.8. The van der Waals surface area contributed by atoms with E-state index in [4.69, 9.17) is 0 Å². The molecule has 6 atom stereocenters. The lowest BCUT2D eigenvalue weighted by Crippen LogP contribution is -2.49. The molecule has 2 amide bonds. The van der Waals surface area contributed by atoms with E-state index in [0.717, 1.165) is 44.3 Å². The molecule has 32 heavy (non-hydrogen) atoms. The average molecular weight is 435 g/mol. The number of nitrogens with one attached hydrogen (secondary N) is 2. The summed E-state index contributed by atoms with van der Waals surface area (Å²) < 4.78 is 3.76. The van der Waals surface area contributed by atoms with Gasteiger partial charge in [0.05, 0.1) is 12.2 Å². The molecule has 0 saturated heterocycles. The molecule has 5 aliphatic carbocycles. The maximum atomic E-state index is 13.6. The third-order valence-electron chi connectivity index (χ3n) is 9.44. The van der Waals surface area contributed by atoms with E-state index >= 15 is 0 Å². The van der Waals surface area contributed by atoms with Crippen molar-refractivity contribution in [2.24, 2.45) is 23.2 Å². The van der Waals surface area contributed by atoms with Crippen molar-refractivity contribution < 1.29 is 9.59 Å². The van der Waals surface area contributed by atoms with Crippen LogP contribution in [0.25, 0.3) is 5.82 Å². The fourth-order valence-electron chi connectivity index (χ4n) is 8.00. The molecule has 2 bridgehead atoms. The van der Waals surface area contributed by atoms with Crippen LogP contribution in [0.5, 0.6) is 0 Å². The highest BCUT2D eigenvalue weighted by Gasteiger charge is 2.74. The number of carbonyl (C=O) groups is 2. The van der Waals surface area contributed by atoms with Crippen LogP contribution in [-0.2, 0) is 4.79 Å². The maximum absolute atomic E-state index is 13.6. The molecule has 7 rings (SSSR count). The second kappa shape index (κ2) is 6.23. The third-order valence-corrected chi connectivity index (χ3v) is 9.44. The number of carbonyl (C=O) groups excluding carboxylic acids is 2. The summed E-state index contributed by atoms with van der Waals surface area (Å²) in [5, 5.41) is 15.7. The molecule has 0 radical (unpaired) electrons. The lowest BCUT2D eigenvalue weighted by Gasteiger charge is -2.37. The molecule has 0 aromatic carbocycles. The monoisotopic (exact) mass is 434 g/mol. The van der Waals surface area contributed by atoms with Crippen molar-refractivity contribution >= 4 is 11.8 Å². The van der Waals surface area contributed by atoms with Crippen molar-refractivity contribution in [3.05, 3.63) is 30.2 Å². The van der Waals surface area contributed by atoms with Crippen LogP contribution in [0.2, 0.25) is 0 Å². The Kier molecular flexibility index (Phi) is 3.68. The van der Waals surface area contributed by atoms with Gasteiger partial charge in [0.1, 0.15) is 5.56 Å². The van der Waals surface area contributed by atoms with Crippen molar-refractivity contribution in [1.29, 1.82) is 0 Å². The molecule has 8 heteroatoms. The zero-order chi connectivity index (χ0) is 21.7. The summed E-state index contributed by atoms with van der Waals surface area (Å²) >= 11 is 0. The first kappa shape index (κ1) is 18.9. The molecular formula is C24H30N6O2. The highest BCUT2D eigenvalue weighted by Crippen LogP contribution is 2.77. The molecule has 2 aromatic rings. The predicted molar refractivity (Wildman–Crippen MR) is 116 cm³/mol. The molecule has 168 valence electrons. The molecule has 8 nitrogen and oxygen atoms in total. The van der Waals surface area contributed by atoms with Crippen molar-refractivity contribution in [3.63, 3.8) is 0 Å². The fourth-order valence-corrected chi connectivity index (χ4v) is 8.00. The minimum atomic E-state index is -0.0510. The molecule has 2 N–H and O–H groups in total. The van der Waals surface area contributed by atoms with Crippen molar-refractivity contribution in [2.75, 3.05) is 0 Å². The first-order valence-electron chi connectivity index (χ1n) is 12.2. The number of hydrogen-bond acceptors (Lipinski definition) is 4. The summed E-state index contributed by atoms with van der Waals surface area (Å²) in [4.78, 5) is 25.5. The smallest absolute Gasteiger partial charge is 0.256 e. The van der Waals surface area contributed by atoms with E-state index in [0.29, 0.717) is 34.8 Å². The summed E-state index contributed by atoms with van der Waals surface area (Å²) in [6.07, 6.45) is 14.3. The molecular weight excluding hydrogens is 404 g/mol. The molecule has 5 fully saturated rings. The quantitative estimate of drug-likeness (QED) is 0.756. The number of fused-ring (bicyclic) bond motifs is 1. The zero-order valence-electron chi connectivity index (χ0n) is 18.5. The Hall–Kier alpha value is -2.64. The van der Waals surface area contributed by atoms with Gasteiger partial charge >= 0.3 is 0 Å². The lowest BCUT2D eigenvalue weighted by atomic mass is 9.76. The lowest BCUT2D eigenvalue weighted by molar-refractivity contribution is -0.121. The number of nitrogens with zero attached hydrogens (tertiary/aromatic N) is 4. The van der Waals surface area contributed by atoms with E-state index in [1.807, 2.05) is 16.9 Å². The highest BCUT2D eigenvalue weighted by molar-refractivity contribution is 5.97. The first-order valence-corrected chi connectivity index (χ1v) is 12.2. The number of aromatic nitrogens is 4. The Morgan fingerprint density at radius 2 is 2.00 bits per heavy atom. The predicted octanol–water partition coefficient (Wildman–Crippen LogP) is 2.61. The van der Waals surface area contributed by atoms with Crippen molar-refractivity contribution in [1.82, 2.24) is 30.2 Å². The molecule has 0 aliphatic heterocycles. The number of rotatable bonds is 5. The van der Waals surface area contributed by atoms with Crippen LogP contribution in [0, 0.1) is 23.2 Å². The largest absolute Gasteiger partial charge is 0.351 e. The van der Waals surface area contributed by atoms with Gasteiger partial charge in [0.2, 0.25) is 5.91 Å². The van der Waals surface area contributed by atoms with Crippen LogP contribution >= 0.6 is 0 Å². The maximum Gasteiger partial charge on any atom is 0.256 e. The zero-order valence-corrected chi connectivity index (χ0v) is 18.5. The highest BCUT2D eigenvalue weighted by atomic mass is 16.2. The van der Waals surface area contributed by atoms with Crippen LogP contribution in [0.4, 0.5) is 0 Å². The van der Waals surface area contributed by atoms with Crippen LogP contribution in [-0.4, -0.2) is 43.0 Å². The Labute approximate surface area is 187 Å². The SMILES string of the molecule is CC(=O)N[C@]12CC3C(C1)C1(CC1C2)C[C@@H]3NC(=O)c1cnn(C2CCC2)c1-n1cccn1. The Bertz CT molecular complexity index is 1100. The van der Waals surface area contributed by atoms with Gasteiger partial charge in [0, 0.05) is 30.9 Å². The molecule has 2 aromatic heterocycles. The van der Waals surface area contributed by atoms with Gasteiger partial charge in [-0.05, 0) is 80.6 Å². The van der Waals surface area contributed by atoms with E-state index in [1.54, 1.807) is 24.0 Å². The minimum Gasteiger partial charge on any atom is -0.351 e. The molecule has 5 saturated carbocycles. The minimum absolute atomic E-state index is 0.0447. The summed E-state index contributed by atoms with van der Waals surface area (Å²) in [6.45, 7) is 1.63. The van der Waals surface area contributed by atoms with Gasteiger partial charge in [-0.25, -0.2) is 9.36 Å². The van der Waals surface area contributed by atoms with Crippen molar-refractivity contribution in [2.45, 2.75) is 75.9 Å². The van der Waals surface area contributed by atoms with Crippen LogP contribution in [0.15, 0.2) is 24.7 Å². The Morgan fingerprint density at radius 3 is 2.72 bits per heavy atom. The average Bonchev–Trinajstić information content (AvgIpc) is 3.15. The Morgan fingerprint density at radius 1 is 1.12 bits per heavy atom. The van der Waals surface area contributed by atoms with Crippen molar-refractivity contribution in [3.8, 4) is 5.82 Å². The van der Waals surface area contributed by atoms with Gasteiger partial charge in [0.25, 0.3) is 5.91 Å². The van der Waals surface area contributed by atoms with Gasteiger partial charge < -0.3 is 10.6 Å². The molecule has 4 unspecified atom stereocenters. The molecule has 2 heterocycles.